The number of anilines is 2. The number of aromatic nitrogens is 4. The number of aliphatic hydroxyl groups is 1. The number of oxazole rings is 2. The van der Waals surface area contributed by atoms with Crippen LogP contribution in [0.5, 0.6) is 0 Å². The number of aryl methyl sites for hydroxylation is 2. The molecule has 2 aliphatic rings. The third-order valence-electron chi connectivity index (χ3n) is 14.5. The molecule has 6 aromatic heterocycles. The molecule has 0 spiro atoms. The van der Waals surface area contributed by atoms with Gasteiger partial charge >= 0.3 is 11.8 Å². The highest BCUT2D eigenvalue weighted by Crippen LogP contribution is 2.40. The first-order chi connectivity index (χ1) is 36.9. The van der Waals surface area contributed by atoms with E-state index in [1.165, 1.54) is 58.7 Å². The summed E-state index contributed by atoms with van der Waals surface area (Å²) in [7, 11) is 0. The molecule has 77 heavy (non-hydrogen) atoms. The lowest BCUT2D eigenvalue weighted by molar-refractivity contribution is 0.0932. The molecule has 4 atom stereocenters. The van der Waals surface area contributed by atoms with Gasteiger partial charge < -0.3 is 46.3 Å². The zero-order valence-corrected chi connectivity index (χ0v) is 45.8. The minimum atomic E-state index is -0.463. The molecule has 0 bridgehead atoms. The maximum atomic E-state index is 13.5. The van der Waals surface area contributed by atoms with Crippen molar-refractivity contribution < 1.29 is 33.1 Å². The first-order valence-electron chi connectivity index (χ1n) is 26.0. The van der Waals surface area contributed by atoms with Crippen molar-refractivity contribution in [2.24, 2.45) is 28.4 Å². The summed E-state index contributed by atoms with van der Waals surface area (Å²) >= 11 is 2.81. The summed E-state index contributed by atoms with van der Waals surface area (Å²) in [5, 5.41) is 26.1. The van der Waals surface area contributed by atoms with Crippen LogP contribution in [0.4, 0.5) is 11.4 Å². The molecule has 0 fully saturated rings. The minimum absolute atomic E-state index is 0.0182. The third kappa shape index (κ3) is 13.3. The van der Waals surface area contributed by atoms with E-state index in [1.54, 1.807) is 30.3 Å². The first kappa shape index (κ1) is 54.6. The highest BCUT2D eigenvalue weighted by atomic mass is 32.1. The second-order valence-electron chi connectivity index (χ2n) is 21.9. The molecule has 2 aromatic carbocycles. The van der Waals surface area contributed by atoms with Gasteiger partial charge in [-0.3, -0.25) is 19.2 Å². The van der Waals surface area contributed by atoms with Crippen LogP contribution in [-0.4, -0.2) is 74.9 Å². The van der Waals surface area contributed by atoms with Gasteiger partial charge in [0.25, 0.3) is 23.6 Å². The van der Waals surface area contributed by atoms with E-state index in [9.17, 15) is 24.3 Å². The number of benzene rings is 2. The number of fused-ring (bicyclic) bond motifs is 4. The average molecular weight is 1080 g/mol. The highest BCUT2D eigenvalue weighted by Gasteiger charge is 2.32. The molecule has 19 heteroatoms. The summed E-state index contributed by atoms with van der Waals surface area (Å²) < 4.78 is 10.1. The van der Waals surface area contributed by atoms with Crippen LogP contribution < -0.4 is 32.3 Å². The van der Waals surface area contributed by atoms with Crippen molar-refractivity contribution in [2.45, 2.75) is 92.2 Å². The summed E-state index contributed by atoms with van der Waals surface area (Å²) in [5.74, 6) is -0.125. The number of amides is 4. The van der Waals surface area contributed by atoms with Crippen molar-refractivity contribution in [1.29, 1.82) is 0 Å². The fourth-order valence-corrected chi connectivity index (χ4v) is 11.8. The van der Waals surface area contributed by atoms with Crippen LogP contribution in [-0.2, 0) is 25.7 Å². The Morgan fingerprint density at radius 3 is 1.56 bits per heavy atom. The fraction of sp³-hybridized carbons (Fsp3) is 0.379. The third-order valence-corrected chi connectivity index (χ3v) is 16.6. The normalized spacial score (nSPS) is 16.1. The van der Waals surface area contributed by atoms with Crippen LogP contribution in [0.2, 0.25) is 0 Å². The number of pyridine rings is 2. The lowest BCUT2D eigenvalue weighted by Gasteiger charge is -2.34. The Balaban J connectivity index is 0.000000188. The highest BCUT2D eigenvalue weighted by molar-refractivity contribution is 7.20. The lowest BCUT2D eigenvalue weighted by atomic mass is 9.71. The Morgan fingerprint density at radius 1 is 0.662 bits per heavy atom. The van der Waals surface area contributed by atoms with Crippen LogP contribution in [0.15, 0.2) is 107 Å². The molecule has 17 nitrogen and oxygen atoms in total. The molecule has 6 heterocycles. The topological polar surface area (TPSA) is 253 Å². The first-order valence-corrected chi connectivity index (χ1v) is 27.6. The summed E-state index contributed by atoms with van der Waals surface area (Å²) in [4.78, 5) is 71.9. The molecular weight excluding hydrogens is 1010 g/mol. The molecule has 402 valence electrons. The summed E-state index contributed by atoms with van der Waals surface area (Å²) in [5.41, 5.74) is 14.1. The van der Waals surface area contributed by atoms with E-state index in [0.29, 0.717) is 46.1 Å². The van der Waals surface area contributed by atoms with Gasteiger partial charge in [-0.2, -0.15) is 0 Å². The number of aliphatic hydroxyl groups excluding tert-OH is 1. The van der Waals surface area contributed by atoms with E-state index in [2.05, 4.69) is 90.2 Å². The van der Waals surface area contributed by atoms with E-state index in [4.69, 9.17) is 24.5 Å². The van der Waals surface area contributed by atoms with Gasteiger partial charge in [0.15, 0.2) is 0 Å². The molecule has 0 aliphatic heterocycles. The van der Waals surface area contributed by atoms with Gasteiger partial charge in [0, 0.05) is 53.2 Å². The largest absolute Gasteiger partial charge is 0.441 e. The monoisotopic (exact) mass is 1080 g/mol. The van der Waals surface area contributed by atoms with Crippen molar-refractivity contribution in [2.75, 3.05) is 36.9 Å². The standard InChI is InChI=1S/C30H35N5O4S.C28H31N5O3S/c1-30(2,3)21-7-8-23-19(14-21)13-20-16-25(40-29(20)35-23)26(37)34-24(17-31-9-11-36)18-5-4-6-22(15-18)33-27(38)28-32-10-12-39-28;1-28(2,3)19-7-8-21-17(12-19)11-18-14-23(37-27(18)33-21)24(34)32-22(15-29)16-5-4-6-20(13-16)31-25(35)26-30-9-10-36-26/h4-6,10,12-13,15-16,21,24,31,36H,7-9,11,14,17H2,1-3H3,(H,33,38)(H,34,37);4-6,9-11,13-14,19,22H,7-8,12,15,29H2,1-3H3,(H,31,35)(H,32,34)/t21-,24-;19-,22-/m11/s1. The molecule has 0 saturated heterocycles. The Kier molecular flexibility index (Phi) is 16.7. The smallest absolute Gasteiger partial charge is 0.311 e. The maximum absolute atomic E-state index is 13.5. The van der Waals surface area contributed by atoms with E-state index >= 15 is 0 Å². The van der Waals surface area contributed by atoms with Crippen molar-refractivity contribution in [1.82, 2.24) is 35.9 Å². The quantitative estimate of drug-likeness (QED) is 0.0473. The van der Waals surface area contributed by atoms with E-state index in [1.807, 2.05) is 30.3 Å². The van der Waals surface area contributed by atoms with Crippen LogP contribution in [0.25, 0.3) is 20.4 Å². The number of nitrogens with two attached hydrogens (primary N) is 1. The Hall–Kier alpha value is -7.16. The second-order valence-corrected chi connectivity index (χ2v) is 23.9. The number of carbonyl (C=O) groups is 4. The molecular formula is C58H66N10O7S2. The molecule has 2 aliphatic carbocycles. The average Bonchev–Trinajstić information content (AvgIpc) is 4.27. The molecule has 8 N–H and O–H groups in total. The van der Waals surface area contributed by atoms with E-state index in [-0.39, 0.29) is 47.6 Å². The Labute approximate surface area is 455 Å². The zero-order chi connectivity index (χ0) is 54.4. The van der Waals surface area contributed by atoms with E-state index in [0.717, 1.165) is 81.5 Å². The lowest BCUT2D eigenvalue weighted by Crippen LogP contribution is -2.36. The predicted octanol–water partition coefficient (Wildman–Crippen LogP) is 9.86. The molecule has 4 amide bonds. The Morgan fingerprint density at radius 2 is 1.13 bits per heavy atom. The predicted molar refractivity (Wildman–Crippen MR) is 300 cm³/mol. The van der Waals surface area contributed by atoms with Crippen molar-refractivity contribution in [3.05, 3.63) is 153 Å². The SMILES string of the molecule is CC(C)(C)[C@@H]1CCc2nc3sc(C(=O)N[C@H](CN)c4cccc(NC(=O)c5ncco5)c4)cc3cc2C1.CC(C)(C)[C@@H]1CCc2nc3sc(C(=O)N[C@H](CNCCO)c4cccc(NC(=O)c5ncco5)c4)cc3cc2C1. The molecule has 8 aromatic rings. The molecule has 0 radical (unpaired) electrons. The van der Waals surface area contributed by atoms with Crippen molar-refractivity contribution >= 4 is 78.1 Å². The number of nitrogens with zero attached hydrogens (tertiary/aromatic N) is 4. The van der Waals surface area contributed by atoms with Gasteiger partial charge in [-0.25, -0.2) is 19.9 Å². The summed E-state index contributed by atoms with van der Waals surface area (Å²) in [6, 6.07) is 21.9. The van der Waals surface area contributed by atoms with Gasteiger partial charge in [-0.05, 0) is 132 Å². The van der Waals surface area contributed by atoms with Crippen LogP contribution >= 0.6 is 22.7 Å². The van der Waals surface area contributed by atoms with Gasteiger partial charge in [-0.1, -0.05) is 65.8 Å². The van der Waals surface area contributed by atoms with Crippen LogP contribution in [0.1, 0.15) is 141 Å². The van der Waals surface area contributed by atoms with E-state index < -0.39 is 23.9 Å². The number of hydrogen-bond donors (Lipinski definition) is 7. The van der Waals surface area contributed by atoms with Crippen LogP contribution in [0.3, 0.4) is 0 Å². The van der Waals surface area contributed by atoms with Gasteiger partial charge in [0.05, 0.1) is 40.8 Å². The van der Waals surface area contributed by atoms with Crippen LogP contribution in [0, 0.1) is 22.7 Å². The molecule has 10 rings (SSSR count). The zero-order valence-electron chi connectivity index (χ0n) is 44.2. The number of thiophene rings is 2. The van der Waals surface area contributed by atoms with Gasteiger partial charge in [0.2, 0.25) is 0 Å². The number of hydrogen-bond acceptors (Lipinski definition) is 15. The minimum Gasteiger partial charge on any atom is -0.441 e. The Bertz CT molecular complexity index is 3380. The van der Waals surface area contributed by atoms with Gasteiger partial charge in [-0.15, -0.1) is 22.7 Å². The number of carbonyl (C=O) groups excluding carboxylic acids is 4. The number of rotatable bonds is 15. The van der Waals surface area contributed by atoms with Crippen molar-refractivity contribution in [3.63, 3.8) is 0 Å². The van der Waals surface area contributed by atoms with Gasteiger partial charge in [0.1, 0.15) is 22.2 Å². The fourth-order valence-electron chi connectivity index (χ4n) is 9.97. The molecule has 0 unspecified atom stereocenters. The second kappa shape index (κ2) is 23.6. The maximum Gasteiger partial charge on any atom is 0.311 e. The van der Waals surface area contributed by atoms with Crippen molar-refractivity contribution in [3.8, 4) is 0 Å². The number of nitrogens with one attached hydrogen (secondary N) is 5. The summed E-state index contributed by atoms with van der Waals surface area (Å²) in [6.45, 7) is 14.8. The summed E-state index contributed by atoms with van der Waals surface area (Å²) in [6.07, 6.45) is 11.8. The molecule has 0 saturated carbocycles.